The normalized spacial score (nSPS) is 14.1. The highest BCUT2D eigenvalue weighted by molar-refractivity contribution is 7.89. The number of benzene rings is 3. The summed E-state index contributed by atoms with van der Waals surface area (Å²) in [6.45, 7) is 0.448. The minimum Gasteiger partial charge on any atom is -0.310 e. The summed E-state index contributed by atoms with van der Waals surface area (Å²) in [6.07, 6.45) is 0.683. The molecule has 0 radical (unpaired) electrons. The number of rotatable bonds is 5. The van der Waals surface area contributed by atoms with Crippen molar-refractivity contribution >= 4 is 32.5 Å². The maximum absolute atomic E-state index is 13.7. The van der Waals surface area contributed by atoms with E-state index in [0.717, 1.165) is 15.8 Å². The van der Waals surface area contributed by atoms with Crippen molar-refractivity contribution < 1.29 is 13.2 Å². The fraction of sp³-hybridized carbons (Fsp3) is 0.192. The third kappa shape index (κ3) is 3.94. The minimum atomic E-state index is -4.24. The molecule has 2 heterocycles. The molecular weight excluding hydrogens is 480 g/mol. The zero-order valence-electron chi connectivity index (χ0n) is 19.7. The van der Waals surface area contributed by atoms with Gasteiger partial charge in [0.1, 0.15) is 6.04 Å². The van der Waals surface area contributed by atoms with Crippen LogP contribution >= 0.6 is 0 Å². The van der Waals surface area contributed by atoms with E-state index in [1.54, 1.807) is 35.2 Å². The Morgan fingerprint density at radius 3 is 2.36 bits per heavy atom. The van der Waals surface area contributed by atoms with Crippen LogP contribution in [0.25, 0.3) is 10.9 Å². The number of anilines is 1. The van der Waals surface area contributed by atoms with Crippen molar-refractivity contribution in [1.29, 1.82) is 0 Å². The second-order valence-corrected chi connectivity index (χ2v) is 10.4. The average Bonchev–Trinajstić information content (AvgIpc) is 3.33. The van der Waals surface area contributed by atoms with E-state index >= 15 is 0 Å². The molecule has 0 saturated carbocycles. The Labute approximate surface area is 207 Å². The van der Waals surface area contributed by atoms with Gasteiger partial charge < -0.3 is 4.90 Å². The molecule has 1 atom stereocenters. The monoisotopic (exact) mass is 504 g/mol. The molecule has 10 heteroatoms. The fourth-order valence-corrected chi connectivity index (χ4v) is 5.80. The summed E-state index contributed by atoms with van der Waals surface area (Å²) < 4.78 is 31.8. The number of aryl methyl sites for hydroxylation is 1. The SMILES string of the molecule is Cn1c(=O)c2cc(S(=O)(=O)N[C@H](C(=O)N3CCc4ccccc43)c3ccccc3)ccc2n(C)c1=O. The van der Waals surface area contributed by atoms with Crippen molar-refractivity contribution in [3.8, 4) is 0 Å². The van der Waals surface area contributed by atoms with Crippen LogP contribution in [0.3, 0.4) is 0 Å². The molecule has 0 fully saturated rings. The molecule has 1 N–H and O–H groups in total. The molecule has 0 aliphatic carbocycles. The van der Waals surface area contributed by atoms with Crippen molar-refractivity contribution in [3.05, 3.63) is 105 Å². The number of nitrogens with one attached hydrogen (secondary N) is 1. The number of sulfonamides is 1. The lowest BCUT2D eigenvalue weighted by Crippen LogP contribution is -2.42. The Kier molecular flexibility index (Phi) is 5.85. The molecule has 36 heavy (non-hydrogen) atoms. The molecule has 0 bridgehead atoms. The lowest BCUT2D eigenvalue weighted by atomic mass is 10.1. The average molecular weight is 505 g/mol. The Balaban J connectivity index is 1.57. The van der Waals surface area contributed by atoms with E-state index < -0.39 is 33.2 Å². The summed E-state index contributed by atoms with van der Waals surface area (Å²) in [5.74, 6) is -0.395. The highest BCUT2D eigenvalue weighted by Gasteiger charge is 2.34. The molecule has 5 rings (SSSR count). The summed E-state index contributed by atoms with van der Waals surface area (Å²) in [5.41, 5.74) is 1.48. The number of aromatic nitrogens is 2. The molecule has 4 aromatic rings. The van der Waals surface area contributed by atoms with E-state index in [4.69, 9.17) is 0 Å². The van der Waals surface area contributed by atoms with Gasteiger partial charge in [-0.25, -0.2) is 13.2 Å². The van der Waals surface area contributed by atoms with Crippen molar-refractivity contribution in [2.24, 2.45) is 14.1 Å². The van der Waals surface area contributed by atoms with Gasteiger partial charge in [-0.1, -0.05) is 48.5 Å². The largest absolute Gasteiger partial charge is 0.330 e. The Morgan fingerprint density at radius 1 is 0.917 bits per heavy atom. The molecule has 0 spiro atoms. The summed E-state index contributed by atoms with van der Waals surface area (Å²) in [7, 11) is -1.39. The maximum Gasteiger partial charge on any atom is 0.330 e. The highest BCUT2D eigenvalue weighted by atomic mass is 32.2. The molecule has 1 aromatic heterocycles. The van der Waals surface area contributed by atoms with Crippen molar-refractivity contribution in [1.82, 2.24) is 13.9 Å². The Hall–Kier alpha value is -4.02. The molecule has 1 amide bonds. The number of para-hydroxylation sites is 1. The van der Waals surface area contributed by atoms with Crippen molar-refractivity contribution in [3.63, 3.8) is 0 Å². The molecule has 3 aromatic carbocycles. The lowest BCUT2D eigenvalue weighted by Gasteiger charge is -2.25. The summed E-state index contributed by atoms with van der Waals surface area (Å²) >= 11 is 0. The van der Waals surface area contributed by atoms with Gasteiger partial charge in [0.25, 0.3) is 5.56 Å². The van der Waals surface area contributed by atoms with Gasteiger partial charge >= 0.3 is 5.69 Å². The number of hydrogen-bond donors (Lipinski definition) is 1. The van der Waals surface area contributed by atoms with Gasteiger partial charge in [-0.05, 0) is 41.8 Å². The summed E-state index contributed by atoms with van der Waals surface area (Å²) in [4.78, 5) is 40.1. The van der Waals surface area contributed by atoms with Crippen LogP contribution < -0.4 is 20.9 Å². The van der Waals surface area contributed by atoms with Gasteiger partial charge in [0.2, 0.25) is 15.9 Å². The van der Waals surface area contributed by atoms with Crippen LogP contribution in [0.15, 0.2) is 87.3 Å². The first-order valence-electron chi connectivity index (χ1n) is 11.4. The van der Waals surface area contributed by atoms with E-state index in [2.05, 4.69) is 4.72 Å². The van der Waals surface area contributed by atoms with Gasteiger partial charge in [-0.2, -0.15) is 4.72 Å². The predicted molar refractivity (Wildman–Crippen MR) is 136 cm³/mol. The third-order valence-electron chi connectivity index (χ3n) is 6.55. The molecule has 9 nitrogen and oxygen atoms in total. The van der Waals surface area contributed by atoms with E-state index in [9.17, 15) is 22.8 Å². The molecule has 1 aliphatic rings. The van der Waals surface area contributed by atoms with Crippen molar-refractivity contribution in [2.45, 2.75) is 17.4 Å². The second kappa shape index (κ2) is 8.89. The van der Waals surface area contributed by atoms with E-state index in [1.807, 2.05) is 24.3 Å². The fourth-order valence-electron chi connectivity index (χ4n) is 4.59. The molecular formula is C26H24N4O5S. The summed E-state index contributed by atoms with van der Waals surface area (Å²) in [5, 5.41) is 0.0820. The lowest BCUT2D eigenvalue weighted by molar-refractivity contribution is -0.120. The van der Waals surface area contributed by atoms with E-state index in [-0.39, 0.29) is 10.3 Å². The third-order valence-corrected chi connectivity index (χ3v) is 7.98. The van der Waals surface area contributed by atoms with Crippen LogP contribution in [0.1, 0.15) is 17.2 Å². The predicted octanol–water partition coefficient (Wildman–Crippen LogP) is 1.85. The number of fused-ring (bicyclic) bond motifs is 2. The number of amides is 1. The standard InChI is InChI=1S/C26H24N4O5S/c1-28-22-13-12-19(16-20(22)24(31)29(2)26(28)33)36(34,35)27-23(18-9-4-3-5-10-18)25(32)30-15-14-17-8-6-7-11-21(17)30/h3-13,16,23,27H,14-15H2,1-2H3/t23-/m0/s1. The van der Waals surface area contributed by atoms with Crippen molar-refractivity contribution in [2.75, 3.05) is 11.4 Å². The topological polar surface area (TPSA) is 110 Å². The van der Waals surface area contributed by atoms with Gasteiger partial charge in [-0.3, -0.25) is 18.7 Å². The first-order valence-corrected chi connectivity index (χ1v) is 12.8. The van der Waals surface area contributed by atoms with Gasteiger partial charge in [-0.15, -0.1) is 0 Å². The second-order valence-electron chi connectivity index (χ2n) is 8.72. The van der Waals surface area contributed by atoms with Crippen LogP contribution in [-0.4, -0.2) is 30.0 Å². The zero-order valence-corrected chi connectivity index (χ0v) is 20.5. The number of carbonyl (C=O) groups excluding carboxylic acids is 1. The molecule has 184 valence electrons. The van der Waals surface area contributed by atoms with Crippen LogP contribution in [0.5, 0.6) is 0 Å². The van der Waals surface area contributed by atoms with Gasteiger partial charge in [0.05, 0.1) is 15.8 Å². The number of carbonyl (C=O) groups is 1. The van der Waals surface area contributed by atoms with E-state index in [1.165, 1.54) is 36.9 Å². The first-order chi connectivity index (χ1) is 17.2. The van der Waals surface area contributed by atoms with Gasteiger partial charge in [0, 0.05) is 26.3 Å². The highest BCUT2D eigenvalue weighted by Crippen LogP contribution is 2.31. The van der Waals surface area contributed by atoms with Gasteiger partial charge in [0.15, 0.2) is 0 Å². The quantitative estimate of drug-likeness (QED) is 0.446. The Morgan fingerprint density at radius 2 is 1.61 bits per heavy atom. The molecule has 1 aliphatic heterocycles. The minimum absolute atomic E-state index is 0.0820. The van der Waals surface area contributed by atoms with Crippen LogP contribution in [0, 0.1) is 0 Å². The first kappa shape index (κ1) is 23.7. The zero-order chi connectivity index (χ0) is 25.6. The van der Waals surface area contributed by atoms with Crippen LogP contribution in [0.4, 0.5) is 5.69 Å². The Bertz CT molecular complexity index is 1730. The molecule has 0 unspecified atom stereocenters. The summed E-state index contributed by atoms with van der Waals surface area (Å²) in [6, 6.07) is 19.0. The van der Waals surface area contributed by atoms with Crippen LogP contribution in [-0.2, 0) is 35.3 Å². The maximum atomic E-state index is 13.7. The number of hydrogen-bond acceptors (Lipinski definition) is 5. The van der Waals surface area contributed by atoms with Crippen LogP contribution in [0.2, 0.25) is 0 Å². The number of nitrogens with zero attached hydrogens (tertiary/aromatic N) is 3. The van der Waals surface area contributed by atoms with E-state index in [0.29, 0.717) is 24.0 Å². The molecule has 0 saturated heterocycles. The smallest absolute Gasteiger partial charge is 0.310 e.